The first kappa shape index (κ1) is 28.3. The second-order valence-electron chi connectivity index (χ2n) is 7.08. The number of rotatable bonds is 18. The second-order valence-corrected chi connectivity index (χ2v) is 8.10. The molecule has 0 amide bonds. The molecule has 0 aromatic rings. The summed E-state index contributed by atoms with van der Waals surface area (Å²) in [6.07, 6.45) is 22.2. The van der Waals surface area contributed by atoms with Gasteiger partial charge in [0.2, 0.25) is 0 Å². The minimum Gasteiger partial charge on any atom is -0.381 e. The summed E-state index contributed by atoms with van der Waals surface area (Å²) < 4.78 is 14.6. The SMILES string of the molecule is CCCCCCCCCCOCCCCCCCCCC.O=P(O)(O)O. The van der Waals surface area contributed by atoms with Crippen LogP contribution in [0.15, 0.2) is 0 Å². The average molecular weight is 397 g/mol. The van der Waals surface area contributed by atoms with Gasteiger partial charge in [0.1, 0.15) is 0 Å². The van der Waals surface area contributed by atoms with Gasteiger partial charge < -0.3 is 19.4 Å². The van der Waals surface area contributed by atoms with Crippen LogP contribution >= 0.6 is 7.82 Å². The molecule has 160 valence electrons. The number of phosphoric acid groups is 1. The summed E-state index contributed by atoms with van der Waals surface area (Å²) in [5.41, 5.74) is 0. The molecule has 3 N–H and O–H groups in total. The molecule has 0 aliphatic rings. The van der Waals surface area contributed by atoms with E-state index in [1.807, 2.05) is 0 Å². The third-order valence-corrected chi connectivity index (χ3v) is 4.28. The Labute approximate surface area is 162 Å². The van der Waals surface area contributed by atoms with Gasteiger partial charge in [-0.2, -0.15) is 0 Å². The molecule has 0 aliphatic carbocycles. The first-order valence-electron chi connectivity index (χ1n) is 10.8. The molecule has 0 spiro atoms. The molecule has 6 heteroatoms. The van der Waals surface area contributed by atoms with Crippen molar-refractivity contribution in [3.8, 4) is 0 Å². The van der Waals surface area contributed by atoms with Crippen molar-refractivity contribution >= 4 is 7.82 Å². The van der Waals surface area contributed by atoms with E-state index in [1.54, 1.807) is 0 Å². The van der Waals surface area contributed by atoms with Gasteiger partial charge in [-0.05, 0) is 12.8 Å². The van der Waals surface area contributed by atoms with E-state index in [0.717, 1.165) is 13.2 Å². The Morgan fingerprint density at radius 2 is 0.769 bits per heavy atom. The molecule has 0 unspecified atom stereocenters. The van der Waals surface area contributed by atoms with Gasteiger partial charge in [0.15, 0.2) is 0 Å². The first-order valence-corrected chi connectivity index (χ1v) is 12.3. The fourth-order valence-electron chi connectivity index (χ4n) is 2.78. The Kier molecular flexibility index (Phi) is 25.1. The van der Waals surface area contributed by atoms with Crippen LogP contribution in [-0.2, 0) is 9.30 Å². The van der Waals surface area contributed by atoms with E-state index < -0.39 is 7.82 Å². The van der Waals surface area contributed by atoms with Gasteiger partial charge in [0.25, 0.3) is 0 Å². The van der Waals surface area contributed by atoms with Crippen molar-refractivity contribution in [1.29, 1.82) is 0 Å². The second kappa shape index (κ2) is 23.1. The molecule has 0 fully saturated rings. The highest BCUT2D eigenvalue weighted by Gasteiger charge is 2.00. The summed E-state index contributed by atoms with van der Waals surface area (Å²) in [5.74, 6) is 0. The van der Waals surface area contributed by atoms with Crippen LogP contribution in [0.5, 0.6) is 0 Å². The van der Waals surface area contributed by atoms with Crippen molar-refractivity contribution in [2.24, 2.45) is 0 Å². The molecule has 0 atom stereocenters. The Morgan fingerprint density at radius 1 is 0.538 bits per heavy atom. The van der Waals surface area contributed by atoms with Crippen molar-refractivity contribution in [2.45, 2.75) is 117 Å². The van der Waals surface area contributed by atoms with Crippen LogP contribution in [-0.4, -0.2) is 27.9 Å². The highest BCUT2D eigenvalue weighted by Crippen LogP contribution is 2.25. The predicted octanol–water partition coefficient (Wildman–Crippen LogP) is 6.36. The molecule has 0 bridgehead atoms. The summed E-state index contributed by atoms with van der Waals surface area (Å²) in [7, 11) is -4.64. The van der Waals surface area contributed by atoms with E-state index in [-0.39, 0.29) is 0 Å². The minimum atomic E-state index is -4.64. The summed E-state index contributed by atoms with van der Waals surface area (Å²) in [5, 5.41) is 0. The number of ether oxygens (including phenoxy) is 1. The van der Waals surface area contributed by atoms with Crippen molar-refractivity contribution in [3.63, 3.8) is 0 Å². The van der Waals surface area contributed by atoms with Crippen molar-refractivity contribution in [1.82, 2.24) is 0 Å². The van der Waals surface area contributed by atoms with Crippen LogP contribution in [0, 0.1) is 0 Å². The zero-order valence-corrected chi connectivity index (χ0v) is 18.2. The van der Waals surface area contributed by atoms with E-state index in [2.05, 4.69) is 13.8 Å². The molecule has 0 heterocycles. The summed E-state index contributed by atoms with van der Waals surface area (Å²) >= 11 is 0. The van der Waals surface area contributed by atoms with Crippen LogP contribution in [0.3, 0.4) is 0 Å². The van der Waals surface area contributed by atoms with E-state index >= 15 is 0 Å². The van der Waals surface area contributed by atoms with Crippen molar-refractivity contribution in [3.05, 3.63) is 0 Å². The van der Waals surface area contributed by atoms with Crippen molar-refractivity contribution in [2.75, 3.05) is 13.2 Å². The van der Waals surface area contributed by atoms with Gasteiger partial charge in [0, 0.05) is 13.2 Å². The zero-order valence-electron chi connectivity index (χ0n) is 17.3. The minimum absolute atomic E-state index is 0.992. The summed E-state index contributed by atoms with van der Waals surface area (Å²) in [4.78, 5) is 21.6. The highest BCUT2D eigenvalue weighted by molar-refractivity contribution is 7.45. The van der Waals surface area contributed by atoms with Crippen LogP contribution in [0.1, 0.15) is 117 Å². The average Bonchev–Trinajstić information content (AvgIpc) is 2.56. The number of hydrogen-bond donors (Lipinski definition) is 3. The monoisotopic (exact) mass is 396 g/mol. The van der Waals surface area contributed by atoms with Gasteiger partial charge in [-0.3, -0.25) is 0 Å². The maximum absolute atomic E-state index is 8.88. The predicted molar refractivity (Wildman–Crippen MR) is 110 cm³/mol. The third kappa shape index (κ3) is 39.2. The Morgan fingerprint density at radius 3 is 1.04 bits per heavy atom. The molecule has 0 saturated heterocycles. The fourth-order valence-corrected chi connectivity index (χ4v) is 2.78. The number of hydrogen-bond acceptors (Lipinski definition) is 2. The molecule has 0 saturated carbocycles. The van der Waals surface area contributed by atoms with Gasteiger partial charge in [-0.25, -0.2) is 4.57 Å². The van der Waals surface area contributed by atoms with Gasteiger partial charge in [-0.15, -0.1) is 0 Å². The quantitative estimate of drug-likeness (QED) is 0.185. The largest absolute Gasteiger partial charge is 0.466 e. The Bertz CT molecular complexity index is 268. The smallest absolute Gasteiger partial charge is 0.381 e. The molecule has 0 aromatic carbocycles. The molecule has 0 aliphatic heterocycles. The van der Waals surface area contributed by atoms with Crippen molar-refractivity contribution < 1.29 is 24.0 Å². The summed E-state index contributed by atoms with van der Waals surface area (Å²) in [6, 6.07) is 0. The van der Waals surface area contributed by atoms with Gasteiger partial charge >= 0.3 is 7.82 Å². The Balaban J connectivity index is 0. The normalized spacial score (nSPS) is 11.3. The first-order chi connectivity index (χ1) is 12.4. The maximum atomic E-state index is 8.88. The zero-order chi connectivity index (χ0) is 19.9. The topological polar surface area (TPSA) is 87.0 Å². The van der Waals surface area contributed by atoms with Gasteiger partial charge in [0.05, 0.1) is 0 Å². The molecular formula is C20H45O5P. The lowest BCUT2D eigenvalue weighted by atomic mass is 10.1. The molecular weight excluding hydrogens is 351 g/mol. The van der Waals surface area contributed by atoms with Crippen LogP contribution in [0.2, 0.25) is 0 Å². The van der Waals surface area contributed by atoms with Crippen LogP contribution in [0.25, 0.3) is 0 Å². The lowest BCUT2D eigenvalue weighted by Gasteiger charge is -2.05. The highest BCUT2D eigenvalue weighted by atomic mass is 31.2. The molecule has 26 heavy (non-hydrogen) atoms. The van der Waals surface area contributed by atoms with Crippen LogP contribution in [0.4, 0.5) is 0 Å². The molecule has 0 radical (unpaired) electrons. The van der Waals surface area contributed by atoms with Crippen LogP contribution < -0.4 is 0 Å². The molecule has 5 nitrogen and oxygen atoms in total. The summed E-state index contributed by atoms with van der Waals surface area (Å²) in [6.45, 7) is 6.55. The van der Waals surface area contributed by atoms with E-state index in [9.17, 15) is 0 Å². The standard InChI is InChI=1S/C20H42O.H3O4P/c1-3-5-7-9-11-13-15-17-19-21-20-18-16-14-12-10-8-6-4-2;1-5(2,3)4/h3-20H2,1-2H3;(H3,1,2,3,4). The van der Waals surface area contributed by atoms with E-state index in [1.165, 1.54) is 103 Å². The lowest BCUT2D eigenvalue weighted by Crippen LogP contribution is -1.97. The molecule has 0 rings (SSSR count). The maximum Gasteiger partial charge on any atom is 0.466 e. The lowest BCUT2D eigenvalue weighted by molar-refractivity contribution is 0.125. The van der Waals surface area contributed by atoms with Gasteiger partial charge in [-0.1, -0.05) is 104 Å². The third-order valence-electron chi connectivity index (χ3n) is 4.28. The fraction of sp³-hybridized carbons (Fsp3) is 1.00. The van der Waals surface area contributed by atoms with E-state index in [4.69, 9.17) is 24.0 Å². The number of unbranched alkanes of at least 4 members (excludes halogenated alkanes) is 14. The Hall–Kier alpha value is 0.0700. The molecule has 0 aromatic heterocycles. The van der Waals surface area contributed by atoms with E-state index in [0.29, 0.717) is 0 Å².